The van der Waals surface area contributed by atoms with Crippen molar-refractivity contribution in [3.63, 3.8) is 0 Å². The van der Waals surface area contributed by atoms with E-state index in [0.29, 0.717) is 11.3 Å². The van der Waals surface area contributed by atoms with Crippen molar-refractivity contribution in [3.05, 3.63) is 35.7 Å². The molecular weight excluding hydrogens is 288 g/mol. The molecule has 0 spiro atoms. The Morgan fingerprint density at radius 1 is 1.48 bits per heavy atom. The van der Waals surface area contributed by atoms with Crippen LogP contribution in [0.2, 0.25) is 0 Å². The lowest BCUT2D eigenvalue weighted by Gasteiger charge is -2.26. The first-order valence-electron chi connectivity index (χ1n) is 6.62. The molecule has 1 aromatic rings. The zero-order valence-electron chi connectivity index (χ0n) is 12.4. The molecule has 0 aliphatic heterocycles. The van der Waals surface area contributed by atoms with Gasteiger partial charge in [-0.1, -0.05) is 13.0 Å². The van der Waals surface area contributed by atoms with Crippen molar-refractivity contribution in [2.24, 2.45) is 0 Å². The summed E-state index contributed by atoms with van der Waals surface area (Å²) in [6, 6.07) is 3.48. The van der Waals surface area contributed by atoms with Gasteiger partial charge in [-0.25, -0.2) is 4.79 Å². The minimum atomic E-state index is -1.02. The smallest absolute Gasteiger partial charge is 0.328 e. The molecule has 0 aromatic carbocycles. The quantitative estimate of drug-likeness (QED) is 0.783. The fourth-order valence-electron chi connectivity index (χ4n) is 1.84. The molecule has 1 aromatic heterocycles. The number of rotatable bonds is 7. The summed E-state index contributed by atoms with van der Waals surface area (Å²) in [7, 11) is 1.78. The largest absolute Gasteiger partial charge is 0.478 e. The first-order valence-corrected chi connectivity index (χ1v) is 8.02. The minimum Gasteiger partial charge on any atom is -0.478 e. The van der Waals surface area contributed by atoms with Gasteiger partial charge in [-0.05, 0) is 30.4 Å². The summed E-state index contributed by atoms with van der Waals surface area (Å²) in [5.41, 5.74) is 1.01. The van der Waals surface area contributed by atoms with Crippen LogP contribution in [0.25, 0.3) is 6.08 Å². The van der Waals surface area contributed by atoms with E-state index in [1.807, 2.05) is 6.26 Å². The molecule has 1 rings (SSSR count). The third-order valence-electron chi connectivity index (χ3n) is 3.12. The second-order valence-corrected chi connectivity index (χ2v) is 5.49. The molecule has 6 heteroatoms. The van der Waals surface area contributed by atoms with Crippen molar-refractivity contribution < 1.29 is 14.7 Å². The Morgan fingerprint density at radius 2 is 2.19 bits per heavy atom. The van der Waals surface area contributed by atoms with Crippen LogP contribution in [0, 0.1) is 0 Å². The Morgan fingerprint density at radius 3 is 2.67 bits per heavy atom. The van der Waals surface area contributed by atoms with Gasteiger partial charge in [0, 0.05) is 31.1 Å². The number of nitrogens with zero attached hydrogens (tertiary/aromatic N) is 2. The van der Waals surface area contributed by atoms with Crippen LogP contribution in [0.5, 0.6) is 0 Å². The predicted molar refractivity (Wildman–Crippen MR) is 85.5 cm³/mol. The molecule has 1 atom stereocenters. The van der Waals surface area contributed by atoms with E-state index in [1.165, 1.54) is 12.3 Å². The maximum absolute atomic E-state index is 12.3. The lowest BCUT2D eigenvalue weighted by atomic mass is 10.2. The summed E-state index contributed by atoms with van der Waals surface area (Å²) in [6.07, 6.45) is 6.88. The van der Waals surface area contributed by atoms with E-state index in [-0.39, 0.29) is 11.9 Å². The van der Waals surface area contributed by atoms with Gasteiger partial charge >= 0.3 is 5.97 Å². The molecule has 0 saturated carbocycles. The zero-order valence-corrected chi connectivity index (χ0v) is 13.3. The van der Waals surface area contributed by atoms with Gasteiger partial charge in [0.2, 0.25) is 0 Å². The van der Waals surface area contributed by atoms with Crippen LogP contribution in [0.15, 0.2) is 24.4 Å². The highest BCUT2D eigenvalue weighted by atomic mass is 32.2. The summed E-state index contributed by atoms with van der Waals surface area (Å²) < 4.78 is 0. The number of aliphatic carboxylic acids is 1. The molecule has 0 saturated heterocycles. The second kappa shape index (κ2) is 8.46. The molecule has 1 N–H and O–H groups in total. The van der Waals surface area contributed by atoms with Crippen molar-refractivity contribution in [1.29, 1.82) is 0 Å². The monoisotopic (exact) mass is 308 g/mol. The van der Waals surface area contributed by atoms with Gasteiger partial charge in [-0.3, -0.25) is 9.78 Å². The zero-order chi connectivity index (χ0) is 15.8. The maximum Gasteiger partial charge on any atom is 0.328 e. The number of pyridine rings is 1. The number of thioether (sulfide) groups is 1. The van der Waals surface area contributed by atoms with E-state index >= 15 is 0 Å². The highest BCUT2D eigenvalue weighted by molar-refractivity contribution is 7.98. The van der Waals surface area contributed by atoms with Crippen LogP contribution in [0.1, 0.15) is 29.4 Å². The second-order valence-electron chi connectivity index (χ2n) is 4.58. The Hall–Kier alpha value is -1.82. The third-order valence-corrected chi connectivity index (χ3v) is 3.84. The molecule has 1 heterocycles. The molecule has 5 nitrogen and oxygen atoms in total. The average molecular weight is 308 g/mol. The third kappa shape index (κ3) is 5.23. The number of carboxylic acids is 1. The van der Waals surface area contributed by atoms with E-state index in [2.05, 4.69) is 11.9 Å². The average Bonchev–Trinajstić information content (AvgIpc) is 2.49. The molecule has 0 fully saturated rings. The van der Waals surface area contributed by atoms with Crippen molar-refractivity contribution in [1.82, 2.24) is 9.88 Å². The van der Waals surface area contributed by atoms with Gasteiger partial charge < -0.3 is 10.0 Å². The van der Waals surface area contributed by atoms with Crippen LogP contribution >= 0.6 is 11.8 Å². The number of hydrogen-bond donors (Lipinski definition) is 1. The van der Waals surface area contributed by atoms with Crippen LogP contribution < -0.4 is 0 Å². The van der Waals surface area contributed by atoms with Crippen molar-refractivity contribution >= 4 is 29.7 Å². The molecule has 21 heavy (non-hydrogen) atoms. The molecule has 1 amide bonds. The SMILES string of the molecule is CCC(CSC)N(C)C(=O)c1ccc(/C=C/C(=O)O)cn1. The van der Waals surface area contributed by atoms with Gasteiger partial charge in [-0.2, -0.15) is 11.8 Å². The van der Waals surface area contributed by atoms with E-state index in [0.717, 1.165) is 18.2 Å². The summed E-state index contributed by atoms with van der Waals surface area (Å²) in [5, 5.41) is 8.56. The molecule has 0 aliphatic rings. The first kappa shape index (κ1) is 17.2. The topological polar surface area (TPSA) is 70.5 Å². The Kier molecular flexibility index (Phi) is 6.94. The van der Waals surface area contributed by atoms with Crippen LogP contribution in [0.4, 0.5) is 0 Å². The van der Waals surface area contributed by atoms with E-state index in [1.54, 1.807) is 35.8 Å². The van der Waals surface area contributed by atoms with Crippen LogP contribution in [-0.4, -0.2) is 52.0 Å². The first-order chi connectivity index (χ1) is 9.99. The molecular formula is C15H20N2O3S. The Balaban J connectivity index is 2.81. The van der Waals surface area contributed by atoms with Crippen LogP contribution in [0.3, 0.4) is 0 Å². The standard InChI is InChI=1S/C15H20N2O3S/c1-4-12(10-21-3)17(2)15(20)13-7-5-11(9-16-13)6-8-14(18)19/h5-9,12H,4,10H2,1-3H3,(H,18,19)/b8-6+. The molecule has 0 bridgehead atoms. The van der Waals surface area contributed by atoms with E-state index in [9.17, 15) is 9.59 Å². The Bertz CT molecular complexity index is 514. The highest BCUT2D eigenvalue weighted by Gasteiger charge is 2.20. The van der Waals surface area contributed by atoms with Crippen molar-refractivity contribution in [2.75, 3.05) is 19.1 Å². The normalized spacial score (nSPS) is 12.3. The van der Waals surface area contributed by atoms with Gasteiger partial charge in [0.25, 0.3) is 5.91 Å². The highest BCUT2D eigenvalue weighted by Crippen LogP contribution is 2.12. The van der Waals surface area contributed by atoms with Crippen molar-refractivity contribution in [3.8, 4) is 0 Å². The summed E-state index contributed by atoms with van der Waals surface area (Å²) in [6.45, 7) is 2.05. The predicted octanol–water partition coefficient (Wildman–Crippen LogP) is 2.39. The summed E-state index contributed by atoms with van der Waals surface area (Å²) in [5.74, 6) is -0.250. The van der Waals surface area contributed by atoms with Gasteiger partial charge in [0.05, 0.1) is 0 Å². The van der Waals surface area contributed by atoms with Gasteiger partial charge in [-0.15, -0.1) is 0 Å². The molecule has 0 radical (unpaired) electrons. The van der Waals surface area contributed by atoms with Crippen molar-refractivity contribution in [2.45, 2.75) is 19.4 Å². The number of carbonyl (C=O) groups is 2. The lowest BCUT2D eigenvalue weighted by molar-refractivity contribution is -0.131. The molecule has 1 unspecified atom stereocenters. The molecule has 0 aliphatic carbocycles. The number of amides is 1. The van der Waals surface area contributed by atoms with Crippen LogP contribution in [-0.2, 0) is 4.79 Å². The van der Waals surface area contributed by atoms with E-state index < -0.39 is 5.97 Å². The number of hydrogen-bond acceptors (Lipinski definition) is 4. The fourth-order valence-corrected chi connectivity index (χ4v) is 2.68. The number of aromatic nitrogens is 1. The maximum atomic E-state index is 12.3. The number of carboxylic acid groups (broad SMARTS) is 1. The number of carbonyl (C=O) groups excluding carboxylic acids is 1. The van der Waals surface area contributed by atoms with Gasteiger partial charge in [0.15, 0.2) is 0 Å². The fraction of sp³-hybridized carbons (Fsp3) is 0.400. The summed E-state index contributed by atoms with van der Waals surface area (Å²) in [4.78, 5) is 28.6. The van der Waals surface area contributed by atoms with E-state index in [4.69, 9.17) is 5.11 Å². The Labute approximate surface area is 129 Å². The van der Waals surface area contributed by atoms with Gasteiger partial charge in [0.1, 0.15) is 5.69 Å². The minimum absolute atomic E-state index is 0.121. The summed E-state index contributed by atoms with van der Waals surface area (Å²) >= 11 is 1.71. The lowest BCUT2D eigenvalue weighted by Crippen LogP contribution is -2.38. The molecule has 114 valence electrons.